The van der Waals surface area contributed by atoms with E-state index in [0.717, 1.165) is 18.7 Å². The van der Waals surface area contributed by atoms with E-state index in [1.165, 1.54) is 25.1 Å². The molecule has 88 valence electrons. The van der Waals surface area contributed by atoms with E-state index in [1.54, 1.807) is 6.07 Å². The highest BCUT2D eigenvalue weighted by molar-refractivity contribution is 6.21. The summed E-state index contributed by atoms with van der Waals surface area (Å²) in [7, 11) is 1.98. The van der Waals surface area contributed by atoms with Gasteiger partial charge in [-0.3, -0.25) is 0 Å². The van der Waals surface area contributed by atoms with Crippen molar-refractivity contribution in [3.05, 3.63) is 24.1 Å². The van der Waals surface area contributed by atoms with Crippen molar-refractivity contribution in [2.24, 2.45) is 0 Å². The fourth-order valence-corrected chi connectivity index (χ4v) is 2.70. The lowest BCUT2D eigenvalue weighted by Crippen LogP contribution is -2.41. The lowest BCUT2D eigenvalue weighted by atomic mass is 9.94. The molecule has 0 spiro atoms. The Morgan fingerprint density at radius 1 is 1.38 bits per heavy atom. The van der Waals surface area contributed by atoms with Crippen molar-refractivity contribution in [1.29, 1.82) is 0 Å². The van der Waals surface area contributed by atoms with Crippen molar-refractivity contribution in [2.75, 3.05) is 11.9 Å². The second-order valence-electron chi connectivity index (χ2n) is 4.31. The Hall–Kier alpha value is -0.830. The van der Waals surface area contributed by atoms with Crippen molar-refractivity contribution < 1.29 is 4.39 Å². The van der Waals surface area contributed by atoms with Crippen LogP contribution in [0.15, 0.2) is 18.3 Å². The maximum Gasteiger partial charge on any atom is 0.141 e. The zero-order valence-corrected chi connectivity index (χ0v) is 10.1. The Bertz CT molecular complexity index is 341. The Morgan fingerprint density at radius 2 is 2.12 bits per heavy atom. The third kappa shape index (κ3) is 2.46. The minimum absolute atomic E-state index is 0.172. The number of alkyl halides is 1. The summed E-state index contributed by atoms with van der Waals surface area (Å²) in [5, 5.41) is 0.172. The van der Waals surface area contributed by atoms with Crippen molar-refractivity contribution in [3.8, 4) is 0 Å². The van der Waals surface area contributed by atoms with Gasteiger partial charge in [0.2, 0.25) is 0 Å². The first kappa shape index (κ1) is 11.6. The van der Waals surface area contributed by atoms with Gasteiger partial charge >= 0.3 is 0 Å². The van der Waals surface area contributed by atoms with Crippen LogP contribution in [-0.2, 0) is 0 Å². The van der Waals surface area contributed by atoms with Crippen LogP contribution in [0.1, 0.15) is 25.7 Å². The Balaban J connectivity index is 2.11. The summed E-state index contributed by atoms with van der Waals surface area (Å²) in [6.07, 6.45) is 5.80. The van der Waals surface area contributed by atoms with E-state index in [4.69, 9.17) is 11.6 Å². The van der Waals surface area contributed by atoms with Gasteiger partial charge in [0.25, 0.3) is 0 Å². The number of nitrogens with zero attached hydrogens (tertiary/aromatic N) is 2. The molecule has 1 aromatic heterocycles. The number of hydrogen-bond acceptors (Lipinski definition) is 2. The second kappa shape index (κ2) is 5.00. The molecule has 0 amide bonds. The predicted molar refractivity (Wildman–Crippen MR) is 64.5 cm³/mol. The van der Waals surface area contributed by atoms with Gasteiger partial charge in [-0.2, -0.15) is 0 Å². The van der Waals surface area contributed by atoms with Crippen LogP contribution in [0.5, 0.6) is 0 Å². The molecular formula is C12H16ClFN2. The van der Waals surface area contributed by atoms with Crippen LogP contribution < -0.4 is 4.90 Å². The van der Waals surface area contributed by atoms with E-state index >= 15 is 0 Å². The molecule has 2 unspecified atom stereocenters. The van der Waals surface area contributed by atoms with Gasteiger partial charge in [-0.25, -0.2) is 9.37 Å². The van der Waals surface area contributed by atoms with Crippen molar-refractivity contribution in [3.63, 3.8) is 0 Å². The molecule has 1 aliphatic rings. The van der Waals surface area contributed by atoms with Gasteiger partial charge in [-0.1, -0.05) is 12.8 Å². The lowest BCUT2D eigenvalue weighted by Gasteiger charge is -2.35. The zero-order chi connectivity index (χ0) is 11.5. The van der Waals surface area contributed by atoms with E-state index < -0.39 is 0 Å². The number of halogens is 2. The maximum atomic E-state index is 12.8. The van der Waals surface area contributed by atoms with Gasteiger partial charge < -0.3 is 4.90 Å². The molecule has 0 N–H and O–H groups in total. The summed E-state index contributed by atoms with van der Waals surface area (Å²) in [5.41, 5.74) is 0. The highest BCUT2D eigenvalue weighted by atomic mass is 35.5. The van der Waals surface area contributed by atoms with Crippen LogP contribution in [0.3, 0.4) is 0 Å². The van der Waals surface area contributed by atoms with Gasteiger partial charge in [0, 0.05) is 13.1 Å². The van der Waals surface area contributed by atoms with Crippen LogP contribution in [-0.4, -0.2) is 23.5 Å². The van der Waals surface area contributed by atoms with Crippen molar-refractivity contribution in [2.45, 2.75) is 37.1 Å². The molecule has 2 atom stereocenters. The van der Waals surface area contributed by atoms with Crippen molar-refractivity contribution >= 4 is 17.4 Å². The first-order valence-electron chi connectivity index (χ1n) is 5.67. The molecule has 1 aliphatic carbocycles. The molecule has 0 bridgehead atoms. The molecule has 16 heavy (non-hydrogen) atoms. The van der Waals surface area contributed by atoms with E-state index in [-0.39, 0.29) is 11.2 Å². The molecule has 0 saturated heterocycles. The fraction of sp³-hybridized carbons (Fsp3) is 0.583. The molecule has 2 rings (SSSR count). The zero-order valence-electron chi connectivity index (χ0n) is 9.37. The number of anilines is 1. The summed E-state index contributed by atoms with van der Waals surface area (Å²) in [4.78, 5) is 6.15. The van der Waals surface area contributed by atoms with Crippen LogP contribution in [0.25, 0.3) is 0 Å². The Morgan fingerprint density at radius 3 is 2.75 bits per heavy atom. The highest BCUT2D eigenvalue weighted by Gasteiger charge is 2.27. The smallest absolute Gasteiger partial charge is 0.141 e. The number of aromatic nitrogens is 1. The molecule has 4 heteroatoms. The van der Waals surface area contributed by atoms with Crippen LogP contribution in [0.2, 0.25) is 0 Å². The van der Waals surface area contributed by atoms with Gasteiger partial charge in [-0.15, -0.1) is 11.6 Å². The predicted octanol–water partition coefficient (Wildman–Crippen LogP) is 3.21. The third-order valence-corrected chi connectivity index (χ3v) is 3.73. The Labute approximate surface area is 100 Å². The topological polar surface area (TPSA) is 16.1 Å². The van der Waals surface area contributed by atoms with E-state index in [1.807, 2.05) is 7.05 Å². The standard InChI is InChI=1S/C12H16ClFN2/c1-16(11-5-3-2-4-10(11)13)12-7-6-9(14)8-15-12/h6-8,10-11H,2-5H2,1H3. The molecule has 1 fully saturated rings. The highest BCUT2D eigenvalue weighted by Crippen LogP contribution is 2.28. The summed E-state index contributed by atoms with van der Waals surface area (Å²) in [6, 6.07) is 3.45. The molecule has 0 aliphatic heterocycles. The quantitative estimate of drug-likeness (QED) is 0.741. The fourth-order valence-electron chi connectivity index (χ4n) is 2.25. The first-order chi connectivity index (χ1) is 7.68. The number of hydrogen-bond donors (Lipinski definition) is 0. The molecular weight excluding hydrogens is 227 g/mol. The molecule has 0 radical (unpaired) electrons. The average Bonchev–Trinajstić information content (AvgIpc) is 2.30. The maximum absolute atomic E-state index is 12.8. The molecule has 0 aromatic carbocycles. The molecule has 1 aromatic rings. The largest absolute Gasteiger partial charge is 0.355 e. The summed E-state index contributed by atoms with van der Waals surface area (Å²) in [5.74, 6) is 0.488. The molecule has 2 nitrogen and oxygen atoms in total. The lowest BCUT2D eigenvalue weighted by molar-refractivity contribution is 0.432. The van der Waals surface area contributed by atoms with Crippen LogP contribution in [0, 0.1) is 5.82 Å². The minimum Gasteiger partial charge on any atom is -0.355 e. The normalized spacial score (nSPS) is 25.4. The SMILES string of the molecule is CN(c1ccc(F)cn1)C1CCCCC1Cl. The Kier molecular flexibility index (Phi) is 3.64. The minimum atomic E-state index is -0.303. The van der Waals surface area contributed by atoms with E-state index in [2.05, 4.69) is 9.88 Å². The van der Waals surface area contributed by atoms with Gasteiger partial charge in [0.05, 0.1) is 11.6 Å². The first-order valence-corrected chi connectivity index (χ1v) is 6.10. The van der Waals surface area contributed by atoms with Crippen LogP contribution >= 0.6 is 11.6 Å². The van der Waals surface area contributed by atoms with E-state index in [9.17, 15) is 4.39 Å². The van der Waals surface area contributed by atoms with Gasteiger partial charge in [-0.05, 0) is 25.0 Å². The summed E-state index contributed by atoms with van der Waals surface area (Å²) in [6.45, 7) is 0. The molecule has 1 saturated carbocycles. The summed E-state index contributed by atoms with van der Waals surface area (Å²) < 4.78 is 12.8. The van der Waals surface area contributed by atoms with E-state index in [0.29, 0.717) is 6.04 Å². The monoisotopic (exact) mass is 242 g/mol. The van der Waals surface area contributed by atoms with Crippen molar-refractivity contribution in [1.82, 2.24) is 4.98 Å². The van der Waals surface area contributed by atoms with Crippen LogP contribution in [0.4, 0.5) is 10.2 Å². The second-order valence-corrected chi connectivity index (χ2v) is 4.87. The van der Waals surface area contributed by atoms with Gasteiger partial charge in [0.15, 0.2) is 0 Å². The van der Waals surface area contributed by atoms with Gasteiger partial charge in [0.1, 0.15) is 11.6 Å². The number of pyridine rings is 1. The summed E-state index contributed by atoms with van der Waals surface area (Å²) >= 11 is 6.32. The average molecular weight is 243 g/mol. The number of rotatable bonds is 2. The third-order valence-electron chi connectivity index (χ3n) is 3.22. The molecule has 1 heterocycles.